The zero-order valence-electron chi connectivity index (χ0n) is 9.74. The first kappa shape index (κ1) is 11.3. The molecule has 0 amide bonds. The Morgan fingerprint density at radius 3 is 2.87 bits per heavy atom. The summed E-state index contributed by atoms with van der Waals surface area (Å²) in [5.74, 6) is 0. The van der Waals surface area contributed by atoms with Crippen LogP contribution >= 0.6 is 0 Å². The van der Waals surface area contributed by atoms with Crippen LogP contribution in [0.15, 0.2) is 0 Å². The SMILES string of the molecule is COC1CC(N(C)CC2CNCCO2)C1. The summed E-state index contributed by atoms with van der Waals surface area (Å²) in [4.78, 5) is 2.41. The largest absolute Gasteiger partial charge is 0.381 e. The maximum Gasteiger partial charge on any atom is 0.0826 e. The maximum absolute atomic E-state index is 5.69. The van der Waals surface area contributed by atoms with E-state index < -0.39 is 0 Å². The number of rotatable bonds is 4. The van der Waals surface area contributed by atoms with Crippen molar-refractivity contribution in [2.24, 2.45) is 0 Å². The lowest BCUT2D eigenvalue weighted by Crippen LogP contribution is -2.51. The van der Waals surface area contributed by atoms with Crippen molar-refractivity contribution in [3.8, 4) is 0 Å². The molecule has 1 N–H and O–H groups in total. The van der Waals surface area contributed by atoms with Crippen molar-refractivity contribution in [3.63, 3.8) is 0 Å². The molecular formula is C11H22N2O2. The van der Waals surface area contributed by atoms with Crippen LogP contribution in [-0.4, -0.2) is 63.5 Å². The average molecular weight is 214 g/mol. The van der Waals surface area contributed by atoms with Gasteiger partial charge >= 0.3 is 0 Å². The smallest absolute Gasteiger partial charge is 0.0826 e. The van der Waals surface area contributed by atoms with E-state index in [1.807, 2.05) is 0 Å². The van der Waals surface area contributed by atoms with Crippen molar-refractivity contribution in [3.05, 3.63) is 0 Å². The summed E-state index contributed by atoms with van der Waals surface area (Å²) in [6.07, 6.45) is 3.20. The van der Waals surface area contributed by atoms with E-state index in [0.717, 1.165) is 26.2 Å². The molecule has 88 valence electrons. The highest BCUT2D eigenvalue weighted by atomic mass is 16.5. The molecule has 15 heavy (non-hydrogen) atoms. The van der Waals surface area contributed by atoms with Crippen molar-refractivity contribution in [2.45, 2.75) is 31.1 Å². The Morgan fingerprint density at radius 2 is 2.27 bits per heavy atom. The van der Waals surface area contributed by atoms with E-state index in [0.29, 0.717) is 18.2 Å². The highest BCUT2D eigenvalue weighted by Gasteiger charge is 2.32. The van der Waals surface area contributed by atoms with Gasteiger partial charge in [-0.3, -0.25) is 0 Å². The third kappa shape index (κ3) is 2.91. The number of nitrogens with zero attached hydrogens (tertiary/aromatic N) is 1. The number of hydrogen-bond donors (Lipinski definition) is 1. The van der Waals surface area contributed by atoms with Crippen molar-refractivity contribution in [2.75, 3.05) is 40.4 Å². The van der Waals surface area contributed by atoms with Crippen LogP contribution in [0.1, 0.15) is 12.8 Å². The van der Waals surface area contributed by atoms with Gasteiger partial charge in [-0.2, -0.15) is 0 Å². The van der Waals surface area contributed by atoms with Gasteiger partial charge in [0.15, 0.2) is 0 Å². The monoisotopic (exact) mass is 214 g/mol. The summed E-state index contributed by atoms with van der Waals surface area (Å²) in [6.45, 7) is 3.87. The molecule has 0 spiro atoms. The Morgan fingerprint density at radius 1 is 1.47 bits per heavy atom. The fourth-order valence-electron chi connectivity index (χ4n) is 2.30. The molecule has 0 aromatic heterocycles. The van der Waals surface area contributed by atoms with E-state index in [1.165, 1.54) is 12.8 Å². The molecular weight excluding hydrogens is 192 g/mol. The fourth-order valence-corrected chi connectivity index (χ4v) is 2.30. The lowest BCUT2D eigenvalue weighted by Gasteiger charge is -2.41. The normalized spacial score (nSPS) is 36.6. The van der Waals surface area contributed by atoms with Crippen LogP contribution in [-0.2, 0) is 9.47 Å². The molecule has 0 aromatic carbocycles. The Balaban J connectivity index is 1.66. The van der Waals surface area contributed by atoms with Crippen LogP contribution in [0.5, 0.6) is 0 Å². The number of nitrogens with one attached hydrogen (secondary N) is 1. The molecule has 4 heteroatoms. The molecule has 2 aliphatic rings. The average Bonchev–Trinajstić information content (AvgIpc) is 2.17. The molecule has 1 aliphatic heterocycles. The van der Waals surface area contributed by atoms with E-state index in [-0.39, 0.29) is 0 Å². The first-order valence-electron chi connectivity index (χ1n) is 5.85. The highest BCUT2D eigenvalue weighted by Crippen LogP contribution is 2.27. The van der Waals surface area contributed by atoms with Crippen LogP contribution < -0.4 is 5.32 Å². The quantitative estimate of drug-likeness (QED) is 0.719. The molecule has 0 bridgehead atoms. The summed E-state index contributed by atoms with van der Waals surface area (Å²) in [6, 6.07) is 0.695. The van der Waals surface area contributed by atoms with Gasteiger partial charge in [-0.05, 0) is 19.9 Å². The van der Waals surface area contributed by atoms with Gasteiger partial charge < -0.3 is 19.7 Å². The van der Waals surface area contributed by atoms with Gasteiger partial charge in [-0.25, -0.2) is 0 Å². The van der Waals surface area contributed by atoms with Gasteiger partial charge in [-0.15, -0.1) is 0 Å². The van der Waals surface area contributed by atoms with Crippen LogP contribution in [0.25, 0.3) is 0 Å². The first-order valence-corrected chi connectivity index (χ1v) is 5.85. The Hall–Kier alpha value is -0.160. The molecule has 1 heterocycles. The van der Waals surface area contributed by atoms with Crippen LogP contribution in [0.4, 0.5) is 0 Å². The number of likely N-dealkylation sites (N-methyl/N-ethyl adjacent to an activating group) is 1. The van der Waals surface area contributed by atoms with Gasteiger partial charge in [0.25, 0.3) is 0 Å². The van der Waals surface area contributed by atoms with Gasteiger partial charge in [0.2, 0.25) is 0 Å². The molecule has 1 atom stereocenters. The third-order valence-corrected chi connectivity index (χ3v) is 3.52. The second kappa shape index (κ2) is 5.25. The van der Waals surface area contributed by atoms with Crippen molar-refractivity contribution >= 4 is 0 Å². The van der Waals surface area contributed by atoms with Gasteiger partial charge in [-0.1, -0.05) is 0 Å². The van der Waals surface area contributed by atoms with Crippen molar-refractivity contribution < 1.29 is 9.47 Å². The second-order valence-electron chi connectivity index (χ2n) is 4.62. The van der Waals surface area contributed by atoms with E-state index in [1.54, 1.807) is 7.11 Å². The summed E-state index contributed by atoms with van der Waals surface area (Å²) in [5, 5.41) is 3.36. The summed E-state index contributed by atoms with van der Waals surface area (Å²) < 4.78 is 11.0. The van der Waals surface area contributed by atoms with Gasteiger partial charge in [0.1, 0.15) is 0 Å². The Kier molecular flexibility index (Phi) is 3.97. The summed E-state index contributed by atoms with van der Waals surface area (Å²) >= 11 is 0. The Labute approximate surface area is 91.9 Å². The summed E-state index contributed by atoms with van der Waals surface area (Å²) in [5.41, 5.74) is 0. The minimum atomic E-state index is 0.366. The van der Waals surface area contributed by atoms with Gasteiger partial charge in [0, 0.05) is 32.8 Å². The maximum atomic E-state index is 5.69. The molecule has 1 saturated carbocycles. The number of methoxy groups -OCH3 is 1. The predicted molar refractivity (Wildman–Crippen MR) is 59.1 cm³/mol. The first-order chi connectivity index (χ1) is 7.29. The number of ether oxygens (including phenoxy) is 2. The van der Waals surface area contributed by atoms with Crippen molar-refractivity contribution in [1.82, 2.24) is 10.2 Å². The molecule has 1 unspecified atom stereocenters. The topological polar surface area (TPSA) is 33.7 Å². The standard InChI is InChI=1S/C11H22N2O2/c1-13(9-5-10(6-9)14-2)8-11-7-12-3-4-15-11/h9-12H,3-8H2,1-2H3. The summed E-state index contributed by atoms with van der Waals surface area (Å²) in [7, 11) is 3.99. The third-order valence-electron chi connectivity index (χ3n) is 3.52. The van der Waals surface area contributed by atoms with Crippen molar-refractivity contribution in [1.29, 1.82) is 0 Å². The van der Waals surface area contributed by atoms with Crippen LogP contribution in [0.3, 0.4) is 0 Å². The lowest BCUT2D eigenvalue weighted by molar-refractivity contribution is -0.0458. The molecule has 2 rings (SSSR count). The van der Waals surface area contributed by atoms with E-state index >= 15 is 0 Å². The zero-order valence-corrected chi connectivity index (χ0v) is 9.74. The van der Waals surface area contributed by atoms with E-state index in [9.17, 15) is 0 Å². The minimum Gasteiger partial charge on any atom is -0.381 e. The predicted octanol–water partition coefficient (Wildman–Crippen LogP) is 0.0840. The molecule has 1 aliphatic carbocycles. The zero-order chi connectivity index (χ0) is 10.7. The van der Waals surface area contributed by atoms with Crippen LogP contribution in [0.2, 0.25) is 0 Å². The highest BCUT2D eigenvalue weighted by molar-refractivity contribution is 4.88. The fraction of sp³-hybridized carbons (Fsp3) is 1.00. The molecule has 0 radical (unpaired) electrons. The minimum absolute atomic E-state index is 0.366. The second-order valence-corrected chi connectivity index (χ2v) is 4.62. The number of morpholine rings is 1. The van der Waals surface area contributed by atoms with E-state index in [2.05, 4.69) is 17.3 Å². The van der Waals surface area contributed by atoms with Crippen LogP contribution in [0, 0.1) is 0 Å². The molecule has 2 fully saturated rings. The molecule has 4 nitrogen and oxygen atoms in total. The lowest BCUT2D eigenvalue weighted by atomic mass is 9.88. The Bertz CT molecular complexity index is 189. The van der Waals surface area contributed by atoms with Gasteiger partial charge in [0.05, 0.1) is 18.8 Å². The number of hydrogen-bond acceptors (Lipinski definition) is 4. The molecule has 0 aromatic rings. The van der Waals surface area contributed by atoms with E-state index in [4.69, 9.17) is 9.47 Å². The molecule has 1 saturated heterocycles.